The lowest BCUT2D eigenvalue weighted by Gasteiger charge is -2.30. The smallest absolute Gasteiger partial charge is 0.425 e. The third-order valence-electron chi connectivity index (χ3n) is 4.42. The third kappa shape index (κ3) is 8.18. The third-order valence-corrected chi connectivity index (χ3v) is 4.42. The van der Waals surface area contributed by atoms with Crippen LogP contribution in [0, 0.1) is 0 Å². The standard InChI is InChI=1S/C20H27F4N5O2/c1-15(21)10-16(11-27-31-14-20(22,23)24)12-29-13-17-18(28(29)2)6-8-26-19(17)30-9-5-3-4-7-25/h6,8,10-11,13,18H,1,3-5,7,9,12,14,25H2,2H3/b16-10+,27-11-. The molecule has 0 aliphatic carbocycles. The Labute approximate surface area is 178 Å². The summed E-state index contributed by atoms with van der Waals surface area (Å²) in [5.74, 6) is -0.260. The van der Waals surface area contributed by atoms with E-state index in [1.54, 1.807) is 17.4 Å². The van der Waals surface area contributed by atoms with E-state index in [4.69, 9.17) is 10.5 Å². The molecule has 1 atom stereocenters. The van der Waals surface area contributed by atoms with E-state index in [2.05, 4.69) is 21.6 Å². The van der Waals surface area contributed by atoms with E-state index in [1.165, 1.54) is 0 Å². The molecule has 2 heterocycles. The number of hydrogen-bond donors (Lipinski definition) is 1. The molecule has 7 nitrogen and oxygen atoms in total. The maximum atomic E-state index is 13.3. The zero-order chi connectivity index (χ0) is 22.9. The number of halogens is 4. The first-order chi connectivity index (χ1) is 14.7. The molecule has 0 aromatic heterocycles. The van der Waals surface area contributed by atoms with Crippen LogP contribution in [0.3, 0.4) is 0 Å². The predicted octanol–water partition coefficient (Wildman–Crippen LogP) is 3.45. The van der Waals surface area contributed by atoms with Crippen molar-refractivity contribution >= 4 is 12.1 Å². The molecule has 172 valence electrons. The Hall–Kier alpha value is -2.66. The zero-order valence-corrected chi connectivity index (χ0v) is 17.3. The second-order valence-electron chi connectivity index (χ2n) is 6.96. The number of hydrogen-bond acceptors (Lipinski definition) is 7. The van der Waals surface area contributed by atoms with Gasteiger partial charge in [-0.05, 0) is 43.5 Å². The molecule has 11 heteroatoms. The highest BCUT2D eigenvalue weighted by molar-refractivity contribution is 5.96. The van der Waals surface area contributed by atoms with Crippen molar-refractivity contribution in [3.63, 3.8) is 0 Å². The number of nitrogens with two attached hydrogens (primary N) is 1. The maximum absolute atomic E-state index is 13.3. The Morgan fingerprint density at radius 3 is 2.81 bits per heavy atom. The van der Waals surface area contributed by atoms with Crippen LogP contribution in [0.5, 0.6) is 0 Å². The van der Waals surface area contributed by atoms with Crippen LogP contribution < -0.4 is 5.73 Å². The summed E-state index contributed by atoms with van der Waals surface area (Å²) in [6.45, 7) is 2.91. The quantitative estimate of drug-likeness (QED) is 0.173. The summed E-state index contributed by atoms with van der Waals surface area (Å²) < 4.78 is 55.7. The first-order valence-electron chi connectivity index (χ1n) is 9.77. The van der Waals surface area contributed by atoms with Crippen molar-refractivity contribution in [3.8, 4) is 0 Å². The number of fused-ring (bicyclic) bond motifs is 1. The summed E-state index contributed by atoms with van der Waals surface area (Å²) >= 11 is 0. The molecule has 1 unspecified atom stereocenters. The number of rotatable bonds is 11. The molecule has 0 radical (unpaired) electrons. The molecule has 2 aliphatic rings. The molecule has 0 aromatic rings. The second kappa shape index (κ2) is 11.7. The summed E-state index contributed by atoms with van der Waals surface area (Å²) in [6.07, 6.45) is 5.69. The minimum atomic E-state index is -4.51. The highest BCUT2D eigenvalue weighted by Crippen LogP contribution is 2.27. The number of aliphatic imine (C=N–C) groups is 1. The van der Waals surface area contributed by atoms with Crippen molar-refractivity contribution in [2.24, 2.45) is 15.9 Å². The zero-order valence-electron chi connectivity index (χ0n) is 17.3. The Bertz CT molecular complexity index is 774. The second-order valence-corrected chi connectivity index (χ2v) is 6.96. The average Bonchev–Trinajstić information content (AvgIpc) is 3.00. The Kier molecular flexibility index (Phi) is 9.25. The fourth-order valence-corrected chi connectivity index (χ4v) is 2.96. The van der Waals surface area contributed by atoms with Gasteiger partial charge in [-0.1, -0.05) is 11.7 Å². The van der Waals surface area contributed by atoms with Gasteiger partial charge in [-0.2, -0.15) is 13.2 Å². The highest BCUT2D eigenvalue weighted by Gasteiger charge is 2.34. The van der Waals surface area contributed by atoms with Crippen LogP contribution >= 0.6 is 0 Å². The summed E-state index contributed by atoms with van der Waals surface area (Å²) in [4.78, 5) is 8.53. The SMILES string of the molecule is C=C(F)/C=C(\C=N/OCC(F)(F)F)CN1C=C2C(OCCCCCN)=NC=CC2N1C. The van der Waals surface area contributed by atoms with Crippen LogP contribution in [-0.2, 0) is 9.57 Å². The Balaban J connectivity index is 2.03. The summed E-state index contributed by atoms with van der Waals surface area (Å²) in [5.41, 5.74) is 6.58. The summed E-state index contributed by atoms with van der Waals surface area (Å²) in [6, 6.07) is -0.134. The molecular weight excluding hydrogens is 418 g/mol. The van der Waals surface area contributed by atoms with Gasteiger partial charge in [0.1, 0.15) is 5.83 Å². The van der Waals surface area contributed by atoms with E-state index in [1.807, 2.05) is 18.1 Å². The van der Waals surface area contributed by atoms with Gasteiger partial charge >= 0.3 is 6.18 Å². The fraction of sp³-hybridized carbons (Fsp3) is 0.500. The van der Waals surface area contributed by atoms with Crippen LogP contribution in [0.4, 0.5) is 17.6 Å². The van der Waals surface area contributed by atoms with Crippen molar-refractivity contribution in [2.75, 3.05) is 33.4 Å². The van der Waals surface area contributed by atoms with Gasteiger partial charge in [0.05, 0.1) is 31.0 Å². The topological polar surface area (TPSA) is 75.7 Å². The molecule has 0 amide bonds. The summed E-state index contributed by atoms with van der Waals surface area (Å²) in [5, 5.41) is 6.92. The molecule has 0 aromatic carbocycles. The minimum absolute atomic E-state index is 0.121. The van der Waals surface area contributed by atoms with Crippen LogP contribution in [0.2, 0.25) is 0 Å². The highest BCUT2D eigenvalue weighted by atomic mass is 19.4. The largest absolute Gasteiger partial charge is 0.477 e. The molecule has 0 spiro atoms. The van der Waals surface area contributed by atoms with Gasteiger partial charge in [0.2, 0.25) is 12.5 Å². The monoisotopic (exact) mass is 445 g/mol. The van der Waals surface area contributed by atoms with Crippen molar-refractivity contribution in [1.29, 1.82) is 0 Å². The Morgan fingerprint density at radius 1 is 1.35 bits per heavy atom. The summed E-state index contributed by atoms with van der Waals surface area (Å²) in [7, 11) is 1.82. The number of hydrazine groups is 1. The van der Waals surface area contributed by atoms with Crippen molar-refractivity contribution in [2.45, 2.75) is 31.5 Å². The van der Waals surface area contributed by atoms with Gasteiger partial charge in [0.25, 0.3) is 0 Å². The van der Waals surface area contributed by atoms with E-state index in [0.717, 1.165) is 37.1 Å². The number of likely N-dealkylation sites (N-methyl/N-ethyl adjacent to an activating group) is 1. The first kappa shape index (κ1) is 24.6. The number of unbranched alkanes of at least 4 members (excludes halogenated alkanes) is 2. The van der Waals surface area contributed by atoms with E-state index in [-0.39, 0.29) is 18.2 Å². The van der Waals surface area contributed by atoms with Gasteiger partial charge in [0, 0.05) is 19.4 Å². The predicted molar refractivity (Wildman–Crippen MR) is 111 cm³/mol. The fourth-order valence-electron chi connectivity index (χ4n) is 2.96. The lowest BCUT2D eigenvalue weighted by Crippen LogP contribution is -2.39. The molecule has 0 saturated heterocycles. The van der Waals surface area contributed by atoms with Crippen LogP contribution in [0.1, 0.15) is 19.3 Å². The molecule has 0 fully saturated rings. The molecule has 2 aliphatic heterocycles. The lowest BCUT2D eigenvalue weighted by molar-refractivity contribution is -0.173. The number of allylic oxidation sites excluding steroid dienone is 2. The minimum Gasteiger partial charge on any atom is -0.477 e. The van der Waals surface area contributed by atoms with Crippen LogP contribution in [0.25, 0.3) is 0 Å². The first-order valence-corrected chi connectivity index (χ1v) is 9.77. The lowest BCUT2D eigenvalue weighted by atomic mass is 10.1. The van der Waals surface area contributed by atoms with Crippen LogP contribution in [0.15, 0.2) is 58.3 Å². The van der Waals surface area contributed by atoms with Crippen molar-refractivity contribution in [3.05, 3.63) is 48.1 Å². The molecule has 0 saturated carbocycles. The average molecular weight is 445 g/mol. The maximum Gasteiger partial charge on any atom is 0.425 e. The van der Waals surface area contributed by atoms with E-state index in [9.17, 15) is 17.6 Å². The number of oxime groups is 1. The number of alkyl halides is 3. The van der Waals surface area contributed by atoms with Crippen molar-refractivity contribution < 1.29 is 27.1 Å². The van der Waals surface area contributed by atoms with Gasteiger partial charge < -0.3 is 20.3 Å². The van der Waals surface area contributed by atoms with Gasteiger partial charge in [-0.25, -0.2) is 14.4 Å². The molecule has 2 rings (SSSR count). The number of nitrogens with zero attached hydrogens (tertiary/aromatic N) is 4. The van der Waals surface area contributed by atoms with Gasteiger partial charge in [-0.15, -0.1) is 0 Å². The molecule has 2 N–H and O–H groups in total. The van der Waals surface area contributed by atoms with Gasteiger partial charge in [0.15, 0.2) is 0 Å². The molecule has 31 heavy (non-hydrogen) atoms. The molecular formula is C20H27F4N5O2. The van der Waals surface area contributed by atoms with Crippen LogP contribution in [-0.4, -0.2) is 67.7 Å². The Morgan fingerprint density at radius 2 is 2.13 bits per heavy atom. The molecule has 0 bridgehead atoms. The van der Waals surface area contributed by atoms with Crippen molar-refractivity contribution in [1.82, 2.24) is 10.0 Å². The van der Waals surface area contributed by atoms with E-state index < -0.39 is 18.6 Å². The van der Waals surface area contributed by atoms with Gasteiger partial charge in [-0.3, -0.25) is 0 Å². The normalized spacial score (nSPS) is 19.5. The van der Waals surface area contributed by atoms with E-state index >= 15 is 0 Å². The number of ether oxygens (including phenoxy) is 1. The van der Waals surface area contributed by atoms with E-state index in [0.29, 0.717) is 19.0 Å².